The van der Waals surface area contributed by atoms with Crippen molar-refractivity contribution in [1.82, 2.24) is 9.97 Å². The summed E-state index contributed by atoms with van der Waals surface area (Å²) in [6.07, 6.45) is 12.0. The Bertz CT molecular complexity index is 2570. The lowest BCUT2D eigenvalue weighted by atomic mass is 9.42. The number of rotatable bonds is 3. The van der Waals surface area contributed by atoms with Gasteiger partial charge in [0.2, 0.25) is 0 Å². The van der Waals surface area contributed by atoms with Crippen molar-refractivity contribution in [1.29, 1.82) is 0 Å². The molecule has 6 aromatic rings. The van der Waals surface area contributed by atoms with Crippen LogP contribution in [-0.4, -0.2) is 9.97 Å². The van der Waals surface area contributed by atoms with Gasteiger partial charge in [-0.05, 0) is 143 Å². The van der Waals surface area contributed by atoms with Crippen molar-refractivity contribution in [2.75, 3.05) is 0 Å². The van der Waals surface area contributed by atoms with Crippen LogP contribution < -0.4 is 0 Å². The summed E-state index contributed by atoms with van der Waals surface area (Å²) in [6, 6.07) is 42.8. The molecule has 13 rings (SSSR count). The predicted octanol–water partition coefficient (Wildman–Crippen LogP) is 12.6. The number of hydrogen-bond donors (Lipinski definition) is 0. The minimum atomic E-state index is 0.00660. The van der Waals surface area contributed by atoms with Crippen molar-refractivity contribution in [3.8, 4) is 33.6 Å². The Balaban J connectivity index is 1.04. The van der Waals surface area contributed by atoms with Crippen molar-refractivity contribution >= 4 is 22.2 Å². The molecule has 5 aromatic carbocycles. The molecule has 0 aliphatic heterocycles. The van der Waals surface area contributed by atoms with Gasteiger partial charge >= 0.3 is 0 Å². The highest BCUT2D eigenvalue weighted by molar-refractivity contribution is 5.96. The van der Waals surface area contributed by atoms with Crippen LogP contribution >= 0.6 is 0 Å². The van der Waals surface area contributed by atoms with E-state index in [0.29, 0.717) is 0 Å². The molecule has 0 N–H and O–H groups in total. The molecule has 53 heavy (non-hydrogen) atoms. The number of hydrogen-bond acceptors (Lipinski definition) is 2. The first kappa shape index (κ1) is 30.4. The minimum absolute atomic E-state index is 0.00660. The Morgan fingerprint density at radius 3 is 1.87 bits per heavy atom. The van der Waals surface area contributed by atoms with Crippen molar-refractivity contribution in [2.24, 2.45) is 23.7 Å². The molecule has 4 bridgehead atoms. The van der Waals surface area contributed by atoms with Gasteiger partial charge < -0.3 is 0 Å². The van der Waals surface area contributed by atoms with Crippen molar-refractivity contribution < 1.29 is 0 Å². The Morgan fingerprint density at radius 1 is 0.509 bits per heavy atom. The highest BCUT2D eigenvalue weighted by atomic mass is 14.8. The van der Waals surface area contributed by atoms with Crippen LogP contribution in [0.2, 0.25) is 0 Å². The summed E-state index contributed by atoms with van der Waals surface area (Å²) >= 11 is 0. The molecule has 4 saturated carbocycles. The van der Waals surface area contributed by atoms with E-state index in [0.717, 1.165) is 58.1 Å². The average molecular weight is 685 g/mol. The fourth-order valence-corrected chi connectivity index (χ4v) is 12.8. The van der Waals surface area contributed by atoms with Crippen LogP contribution in [0, 0.1) is 23.7 Å². The molecule has 0 unspecified atom stereocenters. The molecule has 0 saturated heterocycles. The first-order valence-electron chi connectivity index (χ1n) is 20.1. The third kappa shape index (κ3) is 4.10. The second-order valence-corrected chi connectivity index (χ2v) is 17.7. The number of nitrogens with zero attached hydrogens (tertiary/aromatic N) is 2. The summed E-state index contributed by atoms with van der Waals surface area (Å²) in [5, 5.41) is 0. The molecule has 7 aliphatic rings. The molecule has 0 atom stereocenters. The van der Waals surface area contributed by atoms with E-state index in [4.69, 9.17) is 9.97 Å². The molecule has 2 heteroatoms. The van der Waals surface area contributed by atoms with E-state index >= 15 is 0 Å². The monoisotopic (exact) mass is 684 g/mol. The largest absolute Gasteiger partial charge is 0.244 e. The minimum Gasteiger partial charge on any atom is -0.244 e. The SMILES string of the molecule is CC1(C)c2ccccc2-c2ccc(C3=CC4=C(CC3)C3(c5cc(-c6nc7ccccc7nc6-c6ccccc6)ccc54)C4CC5CC(C4)CC3C5)cc21. The Labute approximate surface area is 312 Å². The maximum atomic E-state index is 5.38. The average Bonchev–Trinajstić information content (AvgIpc) is 3.61. The summed E-state index contributed by atoms with van der Waals surface area (Å²) in [5.74, 6) is 3.32. The van der Waals surface area contributed by atoms with Gasteiger partial charge in [0.15, 0.2) is 0 Å². The van der Waals surface area contributed by atoms with Crippen LogP contribution in [0.4, 0.5) is 0 Å². The van der Waals surface area contributed by atoms with Gasteiger partial charge in [-0.25, -0.2) is 9.97 Å². The number of para-hydroxylation sites is 2. The van der Waals surface area contributed by atoms with E-state index in [1.807, 2.05) is 0 Å². The third-order valence-electron chi connectivity index (χ3n) is 14.8. The molecular weight excluding hydrogens is 641 g/mol. The molecule has 1 heterocycles. The van der Waals surface area contributed by atoms with E-state index in [1.165, 1.54) is 88.6 Å². The van der Waals surface area contributed by atoms with Crippen LogP contribution in [-0.2, 0) is 10.8 Å². The fraction of sp³-hybridized carbons (Fsp3) is 0.294. The Hall–Kier alpha value is -5.08. The van der Waals surface area contributed by atoms with E-state index in [1.54, 1.807) is 11.1 Å². The van der Waals surface area contributed by atoms with E-state index in [-0.39, 0.29) is 10.8 Å². The van der Waals surface area contributed by atoms with Crippen LogP contribution in [0.3, 0.4) is 0 Å². The lowest BCUT2D eigenvalue weighted by Crippen LogP contribution is -2.55. The molecule has 1 aromatic heterocycles. The van der Waals surface area contributed by atoms with Gasteiger partial charge in [0, 0.05) is 22.0 Å². The molecular formula is C51H44N2. The van der Waals surface area contributed by atoms with Gasteiger partial charge in [0.1, 0.15) is 0 Å². The highest BCUT2D eigenvalue weighted by Crippen LogP contribution is 2.70. The smallest absolute Gasteiger partial charge is 0.0973 e. The zero-order chi connectivity index (χ0) is 35.1. The van der Waals surface area contributed by atoms with Crippen LogP contribution in [0.25, 0.3) is 55.8 Å². The van der Waals surface area contributed by atoms with E-state index in [9.17, 15) is 0 Å². The number of fused-ring (bicyclic) bond motifs is 6. The first-order valence-corrected chi connectivity index (χ1v) is 20.1. The molecule has 0 radical (unpaired) electrons. The molecule has 7 aliphatic carbocycles. The zero-order valence-electron chi connectivity index (χ0n) is 30.7. The quantitative estimate of drug-likeness (QED) is 0.185. The predicted molar refractivity (Wildman–Crippen MR) is 217 cm³/mol. The van der Waals surface area contributed by atoms with Gasteiger partial charge in [0.05, 0.1) is 22.4 Å². The van der Waals surface area contributed by atoms with Crippen LogP contribution in [0.5, 0.6) is 0 Å². The van der Waals surface area contributed by atoms with Gasteiger partial charge in [-0.1, -0.05) is 116 Å². The summed E-state index contributed by atoms with van der Waals surface area (Å²) in [6.45, 7) is 4.81. The highest BCUT2D eigenvalue weighted by Gasteiger charge is 2.62. The first-order chi connectivity index (χ1) is 26.0. The lowest BCUT2D eigenvalue weighted by molar-refractivity contribution is -0.0433. The maximum absolute atomic E-state index is 5.38. The number of aromatic nitrogens is 2. The second kappa shape index (κ2) is 10.8. The van der Waals surface area contributed by atoms with Gasteiger partial charge in [0.25, 0.3) is 0 Å². The summed E-state index contributed by atoms with van der Waals surface area (Å²) < 4.78 is 0. The Morgan fingerprint density at radius 2 is 1.11 bits per heavy atom. The van der Waals surface area contributed by atoms with Crippen molar-refractivity contribution in [2.45, 2.75) is 69.6 Å². The van der Waals surface area contributed by atoms with Crippen molar-refractivity contribution in [3.63, 3.8) is 0 Å². The summed E-state index contributed by atoms with van der Waals surface area (Å²) in [7, 11) is 0. The van der Waals surface area contributed by atoms with E-state index < -0.39 is 0 Å². The van der Waals surface area contributed by atoms with Crippen molar-refractivity contribution in [3.05, 3.63) is 155 Å². The molecule has 2 nitrogen and oxygen atoms in total. The molecule has 258 valence electrons. The normalized spacial score (nSPS) is 26.8. The summed E-state index contributed by atoms with van der Waals surface area (Å²) in [5.41, 5.74) is 21.4. The number of allylic oxidation sites excluding steroid dienone is 4. The summed E-state index contributed by atoms with van der Waals surface area (Å²) in [4.78, 5) is 10.7. The standard InChI is InChI=1S/C51H44N2/c1-50(2)42-13-7-6-12-38(42)39-19-16-34(28-44(39)50)33-18-21-43-41(27-33)40-20-17-35(29-45(40)51(43)36-23-30-22-31(25-36)26-37(51)24-30)49-48(32-10-4-3-5-11-32)52-46-14-8-9-15-47(46)53-49/h3-17,19-20,27-31,36-37H,18,21-26H2,1-2H3. The zero-order valence-corrected chi connectivity index (χ0v) is 30.7. The fourth-order valence-electron chi connectivity index (χ4n) is 12.8. The maximum Gasteiger partial charge on any atom is 0.0973 e. The molecule has 0 amide bonds. The molecule has 4 fully saturated rings. The number of benzene rings is 5. The van der Waals surface area contributed by atoms with Gasteiger partial charge in [-0.2, -0.15) is 0 Å². The lowest BCUT2D eigenvalue weighted by Gasteiger charge is -2.62. The van der Waals surface area contributed by atoms with E-state index in [2.05, 4.69) is 135 Å². The van der Waals surface area contributed by atoms with Crippen LogP contribution in [0.15, 0.2) is 127 Å². The topological polar surface area (TPSA) is 25.8 Å². The van der Waals surface area contributed by atoms with Gasteiger partial charge in [-0.3, -0.25) is 0 Å². The second-order valence-electron chi connectivity index (χ2n) is 17.7. The van der Waals surface area contributed by atoms with Crippen LogP contribution in [0.1, 0.15) is 86.6 Å². The Kier molecular flexibility index (Phi) is 6.17. The van der Waals surface area contributed by atoms with Gasteiger partial charge in [-0.15, -0.1) is 0 Å². The molecule has 1 spiro atoms. The third-order valence-corrected chi connectivity index (χ3v) is 14.8.